The van der Waals surface area contributed by atoms with Crippen LogP contribution in [0.15, 0.2) is 0 Å². The molecule has 1 aromatic heterocycles. The quantitative estimate of drug-likeness (QED) is 0.717. The number of nitrogens with zero attached hydrogens (tertiary/aromatic N) is 2. The van der Waals surface area contributed by atoms with E-state index in [9.17, 15) is 0 Å². The van der Waals surface area contributed by atoms with Crippen molar-refractivity contribution in [2.24, 2.45) is 0 Å². The van der Waals surface area contributed by atoms with Gasteiger partial charge in [-0.1, -0.05) is 50.6 Å². The van der Waals surface area contributed by atoms with Crippen LogP contribution in [0.25, 0.3) is 0 Å². The summed E-state index contributed by atoms with van der Waals surface area (Å²) in [6, 6.07) is 0. The molecule has 100 valence electrons. The molecular weight excluding hydrogens is 244 g/mol. The molecule has 18 heavy (non-hydrogen) atoms. The first-order valence-electron chi connectivity index (χ1n) is 7.25. The third kappa shape index (κ3) is 3.23. The Balaban J connectivity index is 2.21. The van der Waals surface area contributed by atoms with Crippen molar-refractivity contribution in [3.63, 3.8) is 0 Å². The van der Waals surface area contributed by atoms with Crippen LogP contribution in [-0.4, -0.2) is 9.97 Å². The molecule has 0 atom stereocenters. The lowest BCUT2D eigenvalue weighted by atomic mass is 9.90. The van der Waals surface area contributed by atoms with Crippen molar-refractivity contribution in [3.05, 3.63) is 22.2 Å². The highest BCUT2D eigenvalue weighted by atomic mass is 35.5. The average molecular weight is 267 g/mol. The summed E-state index contributed by atoms with van der Waals surface area (Å²) < 4.78 is 0. The van der Waals surface area contributed by atoms with Crippen molar-refractivity contribution in [3.8, 4) is 0 Å². The molecule has 2 rings (SSSR count). The van der Waals surface area contributed by atoms with Gasteiger partial charge in [-0.2, -0.15) is 0 Å². The van der Waals surface area contributed by atoms with E-state index in [0.717, 1.165) is 23.5 Å². The van der Waals surface area contributed by atoms with Gasteiger partial charge in [0.1, 0.15) is 11.0 Å². The number of aromatic nitrogens is 2. The zero-order chi connectivity index (χ0) is 13.0. The number of rotatable bonds is 2. The molecule has 1 heterocycles. The van der Waals surface area contributed by atoms with Crippen LogP contribution in [0.1, 0.15) is 74.9 Å². The lowest BCUT2D eigenvalue weighted by molar-refractivity contribution is 0.441. The molecule has 1 aromatic rings. The predicted molar refractivity (Wildman–Crippen MR) is 76.2 cm³/mol. The number of hydrogen-bond donors (Lipinski definition) is 0. The Hall–Kier alpha value is -0.630. The van der Waals surface area contributed by atoms with Crippen LogP contribution >= 0.6 is 11.6 Å². The standard InChI is InChI=1S/C15H23ClN2/c1-3-13-11(2)17-15(18-14(13)16)12-9-7-5-4-6-8-10-12/h12H,3-10H2,1-2H3. The molecule has 0 N–H and O–H groups in total. The van der Waals surface area contributed by atoms with Gasteiger partial charge in [-0.05, 0) is 26.2 Å². The van der Waals surface area contributed by atoms with E-state index in [0.29, 0.717) is 11.1 Å². The number of hydrogen-bond acceptors (Lipinski definition) is 2. The summed E-state index contributed by atoms with van der Waals surface area (Å²) in [6.45, 7) is 4.16. The summed E-state index contributed by atoms with van der Waals surface area (Å²) in [7, 11) is 0. The molecular formula is C15H23ClN2. The van der Waals surface area contributed by atoms with Crippen LogP contribution in [0, 0.1) is 6.92 Å². The van der Waals surface area contributed by atoms with Crippen molar-refractivity contribution in [1.29, 1.82) is 0 Å². The van der Waals surface area contributed by atoms with E-state index < -0.39 is 0 Å². The van der Waals surface area contributed by atoms with Crippen LogP contribution in [0.4, 0.5) is 0 Å². The summed E-state index contributed by atoms with van der Waals surface area (Å²) in [4.78, 5) is 9.26. The molecule has 0 spiro atoms. The van der Waals surface area contributed by atoms with E-state index in [4.69, 9.17) is 16.6 Å². The van der Waals surface area contributed by atoms with Crippen LogP contribution in [-0.2, 0) is 6.42 Å². The van der Waals surface area contributed by atoms with Gasteiger partial charge >= 0.3 is 0 Å². The predicted octanol–water partition coefficient (Wildman–Crippen LogP) is 4.83. The lowest BCUT2D eigenvalue weighted by Crippen LogP contribution is -2.10. The van der Waals surface area contributed by atoms with Crippen molar-refractivity contribution >= 4 is 11.6 Å². The maximum atomic E-state index is 6.28. The van der Waals surface area contributed by atoms with E-state index in [1.807, 2.05) is 0 Å². The highest BCUT2D eigenvalue weighted by Crippen LogP contribution is 2.30. The largest absolute Gasteiger partial charge is 0.238 e. The van der Waals surface area contributed by atoms with Gasteiger partial charge in [0, 0.05) is 17.2 Å². The van der Waals surface area contributed by atoms with Crippen LogP contribution in [0.2, 0.25) is 5.15 Å². The highest BCUT2D eigenvalue weighted by Gasteiger charge is 2.18. The van der Waals surface area contributed by atoms with Crippen LogP contribution in [0.3, 0.4) is 0 Å². The molecule has 0 aliphatic heterocycles. The number of aryl methyl sites for hydroxylation is 1. The van der Waals surface area contributed by atoms with Crippen LogP contribution < -0.4 is 0 Å². The van der Waals surface area contributed by atoms with Crippen LogP contribution in [0.5, 0.6) is 0 Å². The summed E-state index contributed by atoms with van der Waals surface area (Å²) in [5, 5.41) is 0.669. The van der Waals surface area contributed by atoms with Gasteiger partial charge < -0.3 is 0 Å². The first kappa shape index (κ1) is 13.8. The molecule has 0 bridgehead atoms. The lowest BCUT2D eigenvalue weighted by Gasteiger charge is -2.19. The van der Waals surface area contributed by atoms with E-state index in [1.165, 1.54) is 44.9 Å². The minimum atomic E-state index is 0.521. The van der Waals surface area contributed by atoms with E-state index in [-0.39, 0.29) is 0 Å². The van der Waals surface area contributed by atoms with E-state index >= 15 is 0 Å². The molecule has 0 amide bonds. The van der Waals surface area contributed by atoms with Gasteiger partial charge in [0.25, 0.3) is 0 Å². The minimum absolute atomic E-state index is 0.521. The Morgan fingerprint density at radius 3 is 2.22 bits per heavy atom. The van der Waals surface area contributed by atoms with Gasteiger partial charge in [-0.25, -0.2) is 9.97 Å². The summed E-state index contributed by atoms with van der Waals surface area (Å²) in [6.07, 6.45) is 10.1. The second-order valence-electron chi connectivity index (χ2n) is 5.33. The molecule has 0 radical (unpaired) electrons. The SMILES string of the molecule is CCc1c(C)nc(C2CCCCCCC2)nc1Cl. The Labute approximate surface area is 115 Å². The Morgan fingerprint density at radius 2 is 1.67 bits per heavy atom. The second kappa shape index (κ2) is 6.51. The molecule has 0 saturated heterocycles. The first-order valence-corrected chi connectivity index (χ1v) is 7.63. The monoisotopic (exact) mass is 266 g/mol. The van der Waals surface area contributed by atoms with E-state index in [1.54, 1.807) is 0 Å². The fraction of sp³-hybridized carbons (Fsp3) is 0.733. The summed E-state index contributed by atoms with van der Waals surface area (Å²) in [5.41, 5.74) is 2.17. The van der Waals surface area contributed by atoms with Crippen molar-refractivity contribution < 1.29 is 0 Å². The molecule has 1 aliphatic rings. The van der Waals surface area contributed by atoms with Gasteiger partial charge in [-0.3, -0.25) is 0 Å². The summed E-state index contributed by atoms with van der Waals surface area (Å²) in [5.74, 6) is 1.50. The topological polar surface area (TPSA) is 25.8 Å². The highest BCUT2D eigenvalue weighted by molar-refractivity contribution is 6.30. The molecule has 1 aliphatic carbocycles. The molecule has 1 saturated carbocycles. The minimum Gasteiger partial charge on any atom is -0.238 e. The van der Waals surface area contributed by atoms with Gasteiger partial charge in [-0.15, -0.1) is 0 Å². The maximum Gasteiger partial charge on any atom is 0.136 e. The summed E-state index contributed by atoms with van der Waals surface area (Å²) >= 11 is 6.28. The zero-order valence-corrected chi connectivity index (χ0v) is 12.3. The Kier molecular flexibility index (Phi) is 4.99. The molecule has 2 nitrogen and oxygen atoms in total. The van der Waals surface area contributed by atoms with Gasteiger partial charge in [0.15, 0.2) is 0 Å². The molecule has 0 unspecified atom stereocenters. The zero-order valence-electron chi connectivity index (χ0n) is 11.5. The van der Waals surface area contributed by atoms with Crippen molar-refractivity contribution in [1.82, 2.24) is 9.97 Å². The Morgan fingerprint density at radius 1 is 1.06 bits per heavy atom. The first-order chi connectivity index (χ1) is 8.72. The maximum absolute atomic E-state index is 6.28. The smallest absolute Gasteiger partial charge is 0.136 e. The second-order valence-corrected chi connectivity index (χ2v) is 5.69. The van der Waals surface area contributed by atoms with Gasteiger partial charge in [0.2, 0.25) is 0 Å². The van der Waals surface area contributed by atoms with Crippen molar-refractivity contribution in [2.75, 3.05) is 0 Å². The van der Waals surface area contributed by atoms with Gasteiger partial charge in [0.05, 0.1) is 0 Å². The fourth-order valence-corrected chi connectivity index (χ4v) is 3.24. The Bertz CT molecular complexity index is 372. The van der Waals surface area contributed by atoms with Crippen molar-refractivity contribution in [2.45, 2.75) is 71.1 Å². The third-order valence-electron chi connectivity index (χ3n) is 4.00. The fourth-order valence-electron chi connectivity index (χ4n) is 2.88. The molecule has 0 aromatic carbocycles. The third-order valence-corrected chi connectivity index (χ3v) is 4.32. The molecule has 1 fully saturated rings. The van der Waals surface area contributed by atoms with E-state index in [2.05, 4.69) is 18.8 Å². The number of halogens is 1. The normalized spacial score (nSPS) is 18.4. The average Bonchev–Trinajstić information content (AvgIpc) is 2.27. The molecule has 3 heteroatoms.